The number of hydrogen-bond acceptors (Lipinski definition) is 3. The minimum atomic E-state index is -4.51. The molecule has 0 fully saturated rings. The molecule has 25 heavy (non-hydrogen) atoms. The number of hydrogen-bond donors (Lipinski definition) is 3. The van der Waals surface area contributed by atoms with Crippen LogP contribution < -0.4 is 16.0 Å². The van der Waals surface area contributed by atoms with Gasteiger partial charge >= 0.3 is 12.2 Å². The fraction of sp³-hybridized carbons (Fsp3) is 0.267. The zero-order chi connectivity index (χ0) is 18.6. The summed E-state index contributed by atoms with van der Waals surface area (Å²) in [6.07, 6.45) is -3.06. The van der Waals surface area contributed by atoms with Gasteiger partial charge in [-0.25, -0.2) is 4.79 Å². The van der Waals surface area contributed by atoms with Crippen LogP contribution in [-0.4, -0.2) is 28.8 Å². The van der Waals surface area contributed by atoms with Gasteiger partial charge in [-0.05, 0) is 25.1 Å². The normalized spacial score (nSPS) is 11.1. The van der Waals surface area contributed by atoms with Crippen LogP contribution in [-0.2, 0) is 12.7 Å². The molecule has 3 N–H and O–H groups in total. The summed E-state index contributed by atoms with van der Waals surface area (Å²) in [5.41, 5.74) is -0.763. The average Bonchev–Trinajstić information content (AvgIpc) is 2.96. The average molecular weight is 355 g/mol. The molecular formula is C15H16F3N5O2. The Morgan fingerprint density at radius 3 is 2.56 bits per heavy atom. The van der Waals surface area contributed by atoms with Crippen LogP contribution in [0.1, 0.15) is 23.0 Å². The number of benzene rings is 1. The molecule has 0 aliphatic carbocycles. The standard InChI is InChI=1S/C15H16F3N5O2/c1-3-23-8-11(12(22-23)13(24)19-2)21-14(25)20-10-6-4-5-9(7-10)15(16,17)18/h4-8H,3H2,1-2H3,(H,19,24)(H2,20,21,25). The minimum absolute atomic E-state index is 0.00328. The first-order valence-electron chi connectivity index (χ1n) is 7.29. The van der Waals surface area contributed by atoms with Crippen molar-refractivity contribution in [3.8, 4) is 0 Å². The van der Waals surface area contributed by atoms with Gasteiger partial charge in [-0.2, -0.15) is 18.3 Å². The van der Waals surface area contributed by atoms with E-state index in [1.807, 2.05) is 0 Å². The molecular weight excluding hydrogens is 339 g/mol. The van der Waals surface area contributed by atoms with E-state index < -0.39 is 23.7 Å². The Bertz CT molecular complexity index is 786. The highest BCUT2D eigenvalue weighted by Gasteiger charge is 2.30. The molecule has 0 aliphatic heterocycles. The second-order valence-electron chi connectivity index (χ2n) is 4.98. The second-order valence-corrected chi connectivity index (χ2v) is 4.98. The van der Waals surface area contributed by atoms with E-state index in [0.29, 0.717) is 6.54 Å². The highest BCUT2D eigenvalue weighted by Crippen LogP contribution is 2.30. The number of nitrogens with one attached hydrogen (secondary N) is 3. The molecule has 1 aromatic carbocycles. The number of aromatic nitrogens is 2. The molecule has 1 heterocycles. The molecule has 0 atom stereocenters. The van der Waals surface area contributed by atoms with E-state index in [0.717, 1.165) is 12.1 Å². The molecule has 2 rings (SSSR count). The molecule has 0 unspecified atom stereocenters. The summed E-state index contributed by atoms with van der Waals surface area (Å²) in [5, 5.41) is 11.1. The van der Waals surface area contributed by atoms with E-state index in [4.69, 9.17) is 0 Å². The van der Waals surface area contributed by atoms with Crippen LogP contribution in [0.4, 0.5) is 29.3 Å². The van der Waals surface area contributed by atoms with E-state index in [9.17, 15) is 22.8 Å². The molecule has 0 spiro atoms. The van der Waals surface area contributed by atoms with Crippen molar-refractivity contribution in [2.45, 2.75) is 19.6 Å². The lowest BCUT2D eigenvalue weighted by molar-refractivity contribution is -0.137. The molecule has 0 saturated carbocycles. The zero-order valence-corrected chi connectivity index (χ0v) is 13.4. The van der Waals surface area contributed by atoms with Gasteiger partial charge < -0.3 is 16.0 Å². The van der Waals surface area contributed by atoms with Crippen LogP contribution in [0.25, 0.3) is 0 Å². The molecule has 7 nitrogen and oxygen atoms in total. The predicted molar refractivity (Wildman–Crippen MR) is 85.4 cm³/mol. The van der Waals surface area contributed by atoms with Crippen molar-refractivity contribution in [3.05, 3.63) is 41.7 Å². The van der Waals surface area contributed by atoms with Gasteiger partial charge in [0.1, 0.15) is 0 Å². The molecule has 0 saturated heterocycles. The fourth-order valence-electron chi connectivity index (χ4n) is 2.02. The highest BCUT2D eigenvalue weighted by molar-refractivity contribution is 6.05. The van der Waals surface area contributed by atoms with Crippen LogP contribution in [0, 0.1) is 0 Å². The number of carbonyl (C=O) groups excluding carboxylic acids is 2. The number of carbonyl (C=O) groups is 2. The Balaban J connectivity index is 2.16. The lowest BCUT2D eigenvalue weighted by Gasteiger charge is -2.10. The van der Waals surface area contributed by atoms with Crippen molar-refractivity contribution in [2.75, 3.05) is 17.7 Å². The Kier molecular flexibility index (Phi) is 5.30. The lowest BCUT2D eigenvalue weighted by Crippen LogP contribution is -2.24. The first-order valence-corrected chi connectivity index (χ1v) is 7.29. The molecule has 2 aromatic rings. The molecule has 0 aliphatic rings. The van der Waals surface area contributed by atoms with Gasteiger partial charge in [0.25, 0.3) is 5.91 Å². The van der Waals surface area contributed by atoms with E-state index in [2.05, 4.69) is 21.0 Å². The van der Waals surface area contributed by atoms with E-state index in [-0.39, 0.29) is 17.1 Å². The van der Waals surface area contributed by atoms with Gasteiger partial charge in [0.05, 0.1) is 11.3 Å². The Hall–Kier alpha value is -3.04. The molecule has 1 aromatic heterocycles. The van der Waals surface area contributed by atoms with Gasteiger partial charge in [0, 0.05) is 25.5 Å². The summed E-state index contributed by atoms with van der Waals surface area (Å²) in [7, 11) is 1.42. The summed E-state index contributed by atoms with van der Waals surface area (Å²) in [6, 6.07) is 3.43. The monoisotopic (exact) mass is 355 g/mol. The van der Waals surface area contributed by atoms with Gasteiger partial charge in [-0.1, -0.05) is 6.07 Å². The smallest absolute Gasteiger partial charge is 0.354 e. The molecule has 0 bridgehead atoms. The Morgan fingerprint density at radius 2 is 1.96 bits per heavy atom. The van der Waals surface area contributed by atoms with E-state index in [1.165, 1.54) is 30.1 Å². The first kappa shape index (κ1) is 18.3. The maximum atomic E-state index is 12.7. The quantitative estimate of drug-likeness (QED) is 0.788. The number of amides is 3. The number of halogens is 3. The van der Waals surface area contributed by atoms with E-state index >= 15 is 0 Å². The molecule has 10 heteroatoms. The Morgan fingerprint density at radius 1 is 1.24 bits per heavy atom. The van der Waals surface area contributed by atoms with Crippen molar-refractivity contribution in [2.24, 2.45) is 0 Å². The maximum Gasteiger partial charge on any atom is 0.416 e. The number of aryl methyl sites for hydroxylation is 1. The third-order valence-electron chi connectivity index (χ3n) is 3.22. The van der Waals surface area contributed by atoms with Gasteiger partial charge in [-0.3, -0.25) is 9.48 Å². The third-order valence-corrected chi connectivity index (χ3v) is 3.22. The fourth-order valence-corrected chi connectivity index (χ4v) is 2.02. The van der Waals surface area contributed by atoms with Gasteiger partial charge in [0.15, 0.2) is 5.69 Å². The number of anilines is 2. The van der Waals surface area contributed by atoms with Crippen LogP contribution in [0.5, 0.6) is 0 Å². The van der Waals surface area contributed by atoms with Gasteiger partial charge in [0.2, 0.25) is 0 Å². The van der Waals surface area contributed by atoms with Crippen LogP contribution >= 0.6 is 0 Å². The largest absolute Gasteiger partial charge is 0.416 e. The number of alkyl halides is 3. The summed E-state index contributed by atoms with van der Waals surface area (Å²) < 4.78 is 39.5. The first-order chi connectivity index (χ1) is 11.7. The number of urea groups is 1. The summed E-state index contributed by atoms with van der Waals surface area (Å²) in [4.78, 5) is 23.8. The second kappa shape index (κ2) is 7.24. The summed E-state index contributed by atoms with van der Waals surface area (Å²) >= 11 is 0. The van der Waals surface area contributed by atoms with Crippen LogP contribution in [0.3, 0.4) is 0 Å². The zero-order valence-electron chi connectivity index (χ0n) is 13.4. The van der Waals surface area contributed by atoms with Gasteiger partial charge in [-0.15, -0.1) is 0 Å². The number of rotatable bonds is 4. The van der Waals surface area contributed by atoms with Crippen LogP contribution in [0.15, 0.2) is 30.5 Å². The van der Waals surface area contributed by atoms with Crippen molar-refractivity contribution in [3.63, 3.8) is 0 Å². The number of nitrogens with zero attached hydrogens (tertiary/aromatic N) is 2. The van der Waals surface area contributed by atoms with Crippen molar-refractivity contribution < 1.29 is 22.8 Å². The summed E-state index contributed by atoms with van der Waals surface area (Å²) in [5.74, 6) is -0.499. The van der Waals surface area contributed by atoms with Crippen molar-refractivity contribution in [1.82, 2.24) is 15.1 Å². The molecule has 3 amide bonds. The van der Waals surface area contributed by atoms with E-state index in [1.54, 1.807) is 6.92 Å². The highest BCUT2D eigenvalue weighted by atomic mass is 19.4. The van der Waals surface area contributed by atoms with Crippen molar-refractivity contribution in [1.29, 1.82) is 0 Å². The minimum Gasteiger partial charge on any atom is -0.354 e. The summed E-state index contributed by atoms with van der Waals surface area (Å²) in [6.45, 7) is 2.27. The Labute approximate surface area is 141 Å². The SMILES string of the molecule is CCn1cc(NC(=O)Nc2cccc(C(F)(F)F)c2)c(C(=O)NC)n1. The van der Waals surface area contributed by atoms with Crippen LogP contribution in [0.2, 0.25) is 0 Å². The lowest BCUT2D eigenvalue weighted by atomic mass is 10.2. The molecule has 0 radical (unpaired) electrons. The van der Waals surface area contributed by atoms with Crippen molar-refractivity contribution >= 4 is 23.3 Å². The maximum absolute atomic E-state index is 12.7. The topological polar surface area (TPSA) is 88.0 Å². The third kappa shape index (κ3) is 4.49. The molecule has 134 valence electrons. The predicted octanol–water partition coefficient (Wildman–Crippen LogP) is 2.93.